The van der Waals surface area contributed by atoms with Gasteiger partial charge in [0.25, 0.3) is 0 Å². The Balaban J connectivity index is 1.52. The largest absolute Gasteiger partial charge is 0.324 e. The van der Waals surface area contributed by atoms with Crippen LogP contribution in [0.1, 0.15) is 19.3 Å². The van der Waals surface area contributed by atoms with Crippen molar-refractivity contribution in [1.82, 2.24) is 15.0 Å². The van der Waals surface area contributed by atoms with Crippen LogP contribution in [0.15, 0.2) is 30.5 Å². The predicted molar refractivity (Wildman–Crippen MR) is 81.0 cm³/mol. The molecular weight excluding hydrogens is 301 g/mol. The molecule has 1 aromatic carbocycles. The van der Waals surface area contributed by atoms with Gasteiger partial charge in [-0.05, 0) is 37.1 Å². The van der Waals surface area contributed by atoms with Crippen LogP contribution < -0.4 is 10.6 Å². The van der Waals surface area contributed by atoms with Gasteiger partial charge < -0.3 is 10.6 Å². The Morgan fingerprint density at radius 3 is 2.61 bits per heavy atom. The van der Waals surface area contributed by atoms with Crippen molar-refractivity contribution in [2.24, 2.45) is 5.92 Å². The second kappa shape index (κ2) is 6.55. The van der Waals surface area contributed by atoms with Crippen molar-refractivity contribution in [2.75, 3.05) is 10.6 Å². The first-order valence-electron chi connectivity index (χ1n) is 7.36. The summed E-state index contributed by atoms with van der Waals surface area (Å²) in [7, 11) is 0. The molecule has 120 valence electrons. The number of amides is 2. The molecule has 0 radical (unpaired) electrons. The minimum Gasteiger partial charge on any atom is -0.324 e. The number of anilines is 2. The van der Waals surface area contributed by atoms with E-state index in [0.717, 1.165) is 19.3 Å². The van der Waals surface area contributed by atoms with Crippen LogP contribution in [0.4, 0.5) is 15.9 Å². The quantitative estimate of drug-likeness (QED) is 0.880. The SMILES string of the molecule is O=C(Cn1cc(NC(=O)C2CCC2)nn1)Nc1ccc(F)cc1. The molecule has 2 N–H and O–H groups in total. The normalized spacial score (nSPS) is 14.1. The van der Waals surface area contributed by atoms with Crippen LogP contribution in [0.25, 0.3) is 0 Å². The highest BCUT2D eigenvalue weighted by Crippen LogP contribution is 2.27. The number of hydrogen-bond donors (Lipinski definition) is 2. The Labute approximate surface area is 131 Å². The summed E-state index contributed by atoms with van der Waals surface area (Å²) in [6.07, 6.45) is 4.38. The number of carbonyl (C=O) groups excluding carboxylic acids is 2. The first-order chi connectivity index (χ1) is 11.1. The number of halogens is 1. The molecule has 1 aliphatic rings. The molecule has 3 rings (SSSR count). The van der Waals surface area contributed by atoms with Gasteiger partial charge in [0.2, 0.25) is 11.8 Å². The van der Waals surface area contributed by atoms with Gasteiger partial charge in [-0.25, -0.2) is 9.07 Å². The van der Waals surface area contributed by atoms with Gasteiger partial charge in [0, 0.05) is 11.6 Å². The van der Waals surface area contributed by atoms with E-state index >= 15 is 0 Å². The summed E-state index contributed by atoms with van der Waals surface area (Å²) in [4.78, 5) is 23.7. The standard InChI is InChI=1S/C15H16FN5O2/c16-11-4-6-12(7-5-11)17-14(22)9-21-8-13(19-20-21)18-15(23)10-2-1-3-10/h4-8,10H,1-3,9H2,(H,17,22)(H,18,23). The highest BCUT2D eigenvalue weighted by Gasteiger charge is 2.25. The summed E-state index contributed by atoms with van der Waals surface area (Å²) >= 11 is 0. The third-order valence-electron chi connectivity index (χ3n) is 3.70. The number of nitrogens with one attached hydrogen (secondary N) is 2. The number of rotatable bonds is 5. The monoisotopic (exact) mass is 317 g/mol. The Morgan fingerprint density at radius 1 is 1.22 bits per heavy atom. The van der Waals surface area contributed by atoms with Gasteiger partial charge in [-0.1, -0.05) is 11.6 Å². The molecule has 1 aromatic heterocycles. The molecule has 1 saturated carbocycles. The summed E-state index contributed by atoms with van der Waals surface area (Å²) in [6.45, 7) is -0.0519. The summed E-state index contributed by atoms with van der Waals surface area (Å²) in [5.74, 6) is -0.359. The van der Waals surface area contributed by atoms with E-state index in [1.807, 2.05) is 0 Å². The summed E-state index contributed by atoms with van der Waals surface area (Å²) in [5.41, 5.74) is 0.495. The number of carbonyl (C=O) groups is 2. The Bertz CT molecular complexity index is 709. The molecule has 7 nitrogen and oxygen atoms in total. The van der Waals surface area contributed by atoms with Crippen LogP contribution >= 0.6 is 0 Å². The minimum atomic E-state index is -0.369. The maximum absolute atomic E-state index is 12.8. The van der Waals surface area contributed by atoms with Crippen molar-refractivity contribution in [2.45, 2.75) is 25.8 Å². The molecule has 1 fully saturated rings. The molecule has 8 heteroatoms. The fourth-order valence-electron chi connectivity index (χ4n) is 2.21. The summed E-state index contributed by atoms with van der Waals surface area (Å²) in [6, 6.07) is 5.47. The molecule has 0 unspecified atom stereocenters. The lowest BCUT2D eigenvalue weighted by molar-refractivity contribution is -0.122. The zero-order valence-electron chi connectivity index (χ0n) is 12.3. The van der Waals surface area contributed by atoms with Crippen LogP contribution in [0.3, 0.4) is 0 Å². The van der Waals surface area contributed by atoms with E-state index in [4.69, 9.17) is 0 Å². The van der Waals surface area contributed by atoms with Gasteiger partial charge in [-0.15, -0.1) is 5.10 Å². The van der Waals surface area contributed by atoms with Crippen LogP contribution in [-0.4, -0.2) is 26.8 Å². The lowest BCUT2D eigenvalue weighted by Crippen LogP contribution is -2.28. The number of nitrogens with zero attached hydrogens (tertiary/aromatic N) is 3. The number of hydrogen-bond acceptors (Lipinski definition) is 4. The third kappa shape index (κ3) is 3.91. The molecule has 0 aliphatic heterocycles. The van der Waals surface area contributed by atoms with E-state index in [9.17, 15) is 14.0 Å². The maximum atomic E-state index is 12.8. The minimum absolute atomic E-state index is 0.0519. The second-order valence-corrected chi connectivity index (χ2v) is 5.47. The fraction of sp³-hybridized carbons (Fsp3) is 0.333. The average molecular weight is 317 g/mol. The molecule has 23 heavy (non-hydrogen) atoms. The lowest BCUT2D eigenvalue weighted by Gasteiger charge is -2.23. The predicted octanol–water partition coefficient (Wildman–Crippen LogP) is 1.79. The zero-order valence-corrected chi connectivity index (χ0v) is 12.3. The molecule has 1 heterocycles. The fourth-order valence-corrected chi connectivity index (χ4v) is 2.21. The maximum Gasteiger partial charge on any atom is 0.246 e. The van der Waals surface area contributed by atoms with Crippen LogP contribution in [-0.2, 0) is 16.1 Å². The van der Waals surface area contributed by atoms with E-state index in [0.29, 0.717) is 11.5 Å². The van der Waals surface area contributed by atoms with Gasteiger partial charge >= 0.3 is 0 Å². The van der Waals surface area contributed by atoms with E-state index in [1.165, 1.54) is 35.1 Å². The van der Waals surface area contributed by atoms with Gasteiger partial charge in [-0.3, -0.25) is 9.59 Å². The smallest absolute Gasteiger partial charge is 0.246 e. The van der Waals surface area contributed by atoms with Gasteiger partial charge in [0.05, 0.1) is 6.20 Å². The Kier molecular flexibility index (Phi) is 4.31. The molecular formula is C15H16FN5O2. The van der Waals surface area contributed by atoms with Crippen molar-refractivity contribution in [3.05, 3.63) is 36.3 Å². The van der Waals surface area contributed by atoms with Crippen molar-refractivity contribution in [1.29, 1.82) is 0 Å². The third-order valence-corrected chi connectivity index (χ3v) is 3.70. The molecule has 2 aromatic rings. The molecule has 0 bridgehead atoms. The van der Waals surface area contributed by atoms with Gasteiger partial charge in [0.15, 0.2) is 5.82 Å². The topological polar surface area (TPSA) is 88.9 Å². The van der Waals surface area contributed by atoms with E-state index in [-0.39, 0.29) is 30.1 Å². The van der Waals surface area contributed by atoms with E-state index in [1.54, 1.807) is 0 Å². The van der Waals surface area contributed by atoms with E-state index < -0.39 is 0 Å². The second-order valence-electron chi connectivity index (χ2n) is 5.47. The van der Waals surface area contributed by atoms with Crippen molar-refractivity contribution in [3.63, 3.8) is 0 Å². The average Bonchev–Trinajstić information content (AvgIpc) is 2.86. The Hall–Kier alpha value is -2.77. The molecule has 0 atom stereocenters. The van der Waals surface area contributed by atoms with Crippen molar-refractivity contribution in [3.8, 4) is 0 Å². The van der Waals surface area contributed by atoms with Crippen LogP contribution in [0, 0.1) is 11.7 Å². The molecule has 0 saturated heterocycles. The first kappa shape index (κ1) is 15.1. The summed E-state index contributed by atoms with van der Waals surface area (Å²) < 4.78 is 14.1. The van der Waals surface area contributed by atoms with Gasteiger partial charge in [0.1, 0.15) is 12.4 Å². The van der Waals surface area contributed by atoms with Gasteiger partial charge in [-0.2, -0.15) is 0 Å². The summed E-state index contributed by atoms with van der Waals surface area (Å²) in [5, 5.41) is 12.9. The molecule has 1 aliphatic carbocycles. The van der Waals surface area contributed by atoms with Crippen molar-refractivity contribution >= 4 is 23.3 Å². The van der Waals surface area contributed by atoms with Crippen LogP contribution in [0.2, 0.25) is 0 Å². The highest BCUT2D eigenvalue weighted by molar-refractivity contribution is 5.92. The molecule has 0 spiro atoms. The number of benzene rings is 1. The van der Waals surface area contributed by atoms with Crippen molar-refractivity contribution < 1.29 is 14.0 Å². The Morgan fingerprint density at radius 2 is 1.96 bits per heavy atom. The first-order valence-corrected chi connectivity index (χ1v) is 7.36. The van der Waals surface area contributed by atoms with E-state index in [2.05, 4.69) is 20.9 Å². The highest BCUT2D eigenvalue weighted by atomic mass is 19.1. The zero-order chi connectivity index (χ0) is 16.2. The number of aromatic nitrogens is 3. The molecule has 2 amide bonds. The van der Waals surface area contributed by atoms with Crippen LogP contribution in [0.5, 0.6) is 0 Å². The lowest BCUT2D eigenvalue weighted by atomic mass is 9.85.